The molecule has 2 aromatic rings. The van der Waals surface area contributed by atoms with Crippen molar-refractivity contribution in [3.8, 4) is 11.3 Å². The summed E-state index contributed by atoms with van der Waals surface area (Å²) < 4.78 is 0. The zero-order chi connectivity index (χ0) is 17.9. The van der Waals surface area contributed by atoms with E-state index in [1.54, 1.807) is 6.07 Å². The number of carbonyl (C=O) groups is 1. The van der Waals surface area contributed by atoms with Crippen LogP contribution in [-0.4, -0.2) is 16.9 Å². The van der Waals surface area contributed by atoms with E-state index in [0.717, 1.165) is 17.8 Å². The van der Waals surface area contributed by atoms with Crippen molar-refractivity contribution in [2.45, 2.75) is 52.1 Å². The van der Waals surface area contributed by atoms with Gasteiger partial charge in [-0.2, -0.15) is 0 Å². The smallest absolute Gasteiger partial charge is 0.267 e. The molecule has 0 atom stereocenters. The van der Waals surface area contributed by atoms with Crippen LogP contribution >= 0.6 is 0 Å². The van der Waals surface area contributed by atoms with Crippen LogP contribution in [0.4, 0.5) is 0 Å². The zero-order valence-corrected chi connectivity index (χ0v) is 15.1. The monoisotopic (exact) mass is 337 g/mol. The Labute approximate surface area is 149 Å². The standard InChI is InChI=1S/C21H27N3O/c1-21(2)12-10-17(11-13-21)23-14-15-6-8-16(9-7-15)18-4-3-5-19(24-18)20(22)25/h3-9,17,23H,10-14H2,1-2H3,(H2,22,25). The Morgan fingerprint density at radius 1 is 1.16 bits per heavy atom. The molecule has 1 aliphatic rings. The van der Waals surface area contributed by atoms with Crippen molar-refractivity contribution in [3.63, 3.8) is 0 Å². The Bertz CT molecular complexity index is 727. The molecular formula is C21H27N3O. The Kier molecular flexibility index (Phi) is 5.19. The van der Waals surface area contributed by atoms with E-state index in [-0.39, 0.29) is 0 Å². The summed E-state index contributed by atoms with van der Waals surface area (Å²) >= 11 is 0. The highest BCUT2D eigenvalue weighted by Gasteiger charge is 2.26. The molecule has 3 rings (SSSR count). The maximum absolute atomic E-state index is 11.3. The van der Waals surface area contributed by atoms with Crippen LogP contribution in [0.2, 0.25) is 0 Å². The first-order valence-electron chi connectivity index (χ1n) is 9.02. The summed E-state index contributed by atoms with van der Waals surface area (Å²) in [4.78, 5) is 15.6. The largest absolute Gasteiger partial charge is 0.364 e. The van der Waals surface area contributed by atoms with Gasteiger partial charge >= 0.3 is 0 Å². The summed E-state index contributed by atoms with van der Waals surface area (Å²) in [7, 11) is 0. The van der Waals surface area contributed by atoms with Gasteiger partial charge < -0.3 is 11.1 Å². The van der Waals surface area contributed by atoms with E-state index in [4.69, 9.17) is 5.73 Å². The molecule has 0 saturated heterocycles. The van der Waals surface area contributed by atoms with E-state index in [1.807, 2.05) is 24.3 Å². The van der Waals surface area contributed by atoms with Crippen molar-refractivity contribution in [2.75, 3.05) is 0 Å². The second kappa shape index (κ2) is 7.36. The summed E-state index contributed by atoms with van der Waals surface area (Å²) in [5.74, 6) is -0.502. The molecular weight excluding hydrogens is 310 g/mol. The molecule has 1 saturated carbocycles. The first-order valence-corrected chi connectivity index (χ1v) is 9.02. The second-order valence-corrected chi connectivity index (χ2v) is 7.79. The number of hydrogen-bond donors (Lipinski definition) is 2. The highest BCUT2D eigenvalue weighted by atomic mass is 16.1. The molecule has 0 radical (unpaired) electrons. The first-order chi connectivity index (χ1) is 11.9. The van der Waals surface area contributed by atoms with Gasteiger partial charge in [0.1, 0.15) is 5.69 Å². The summed E-state index contributed by atoms with van der Waals surface area (Å²) in [6, 6.07) is 14.3. The highest BCUT2D eigenvalue weighted by Crippen LogP contribution is 2.35. The molecule has 4 heteroatoms. The number of amides is 1. The molecule has 1 heterocycles. The topological polar surface area (TPSA) is 68.0 Å². The van der Waals surface area contributed by atoms with Crippen molar-refractivity contribution < 1.29 is 4.79 Å². The van der Waals surface area contributed by atoms with Crippen LogP contribution in [0.3, 0.4) is 0 Å². The summed E-state index contributed by atoms with van der Waals surface area (Å²) in [5, 5.41) is 3.68. The van der Waals surface area contributed by atoms with Crippen LogP contribution in [0, 0.1) is 5.41 Å². The molecule has 1 fully saturated rings. The van der Waals surface area contributed by atoms with E-state index in [2.05, 4.69) is 36.3 Å². The minimum atomic E-state index is -0.502. The fourth-order valence-electron chi connectivity index (χ4n) is 3.39. The lowest BCUT2D eigenvalue weighted by atomic mass is 9.75. The number of benzene rings is 1. The average molecular weight is 337 g/mol. The lowest BCUT2D eigenvalue weighted by Gasteiger charge is -2.34. The second-order valence-electron chi connectivity index (χ2n) is 7.79. The molecule has 0 aliphatic heterocycles. The number of primary amides is 1. The minimum Gasteiger partial charge on any atom is -0.364 e. The molecule has 3 N–H and O–H groups in total. The molecule has 0 spiro atoms. The number of hydrogen-bond acceptors (Lipinski definition) is 3. The molecule has 1 aromatic heterocycles. The van der Waals surface area contributed by atoms with E-state index >= 15 is 0 Å². The van der Waals surface area contributed by atoms with Crippen LogP contribution in [0.5, 0.6) is 0 Å². The van der Waals surface area contributed by atoms with Crippen molar-refractivity contribution in [1.29, 1.82) is 0 Å². The van der Waals surface area contributed by atoms with E-state index in [0.29, 0.717) is 17.2 Å². The lowest BCUT2D eigenvalue weighted by Crippen LogP contribution is -2.35. The van der Waals surface area contributed by atoms with Gasteiger partial charge in [-0.25, -0.2) is 4.98 Å². The number of nitrogens with two attached hydrogens (primary N) is 1. The van der Waals surface area contributed by atoms with Crippen molar-refractivity contribution in [1.82, 2.24) is 10.3 Å². The average Bonchev–Trinajstić information content (AvgIpc) is 2.61. The molecule has 132 valence electrons. The third-order valence-electron chi connectivity index (χ3n) is 5.19. The SMILES string of the molecule is CC1(C)CCC(NCc2ccc(-c3cccc(C(N)=O)n3)cc2)CC1. The number of nitrogens with one attached hydrogen (secondary N) is 1. The molecule has 0 bridgehead atoms. The third-order valence-corrected chi connectivity index (χ3v) is 5.19. The fraction of sp³-hybridized carbons (Fsp3) is 0.429. The quantitative estimate of drug-likeness (QED) is 0.869. The van der Waals surface area contributed by atoms with Gasteiger partial charge in [0.05, 0.1) is 5.69 Å². The molecule has 1 amide bonds. The van der Waals surface area contributed by atoms with E-state index in [9.17, 15) is 4.79 Å². The van der Waals surface area contributed by atoms with Crippen LogP contribution in [-0.2, 0) is 6.54 Å². The maximum Gasteiger partial charge on any atom is 0.267 e. The Hall–Kier alpha value is -2.20. The van der Waals surface area contributed by atoms with Gasteiger partial charge in [-0.05, 0) is 48.8 Å². The molecule has 4 nitrogen and oxygen atoms in total. The van der Waals surface area contributed by atoms with Crippen LogP contribution in [0.25, 0.3) is 11.3 Å². The molecule has 0 unspecified atom stereocenters. The van der Waals surface area contributed by atoms with Gasteiger partial charge in [0.25, 0.3) is 5.91 Å². The minimum absolute atomic E-state index is 0.295. The van der Waals surface area contributed by atoms with Crippen LogP contribution in [0.15, 0.2) is 42.5 Å². The zero-order valence-electron chi connectivity index (χ0n) is 15.1. The first kappa shape index (κ1) is 17.6. The lowest BCUT2D eigenvalue weighted by molar-refractivity contribution is 0.0995. The van der Waals surface area contributed by atoms with Crippen LogP contribution in [0.1, 0.15) is 55.6 Å². The predicted octanol–water partition coefficient (Wildman–Crippen LogP) is 3.91. The van der Waals surface area contributed by atoms with Gasteiger partial charge in [-0.1, -0.05) is 44.2 Å². The van der Waals surface area contributed by atoms with Crippen LogP contribution < -0.4 is 11.1 Å². The van der Waals surface area contributed by atoms with E-state index < -0.39 is 5.91 Å². The van der Waals surface area contributed by atoms with Gasteiger partial charge in [-0.3, -0.25) is 4.79 Å². The summed E-state index contributed by atoms with van der Waals surface area (Å²) in [6.07, 6.45) is 5.11. The van der Waals surface area contributed by atoms with Crippen molar-refractivity contribution >= 4 is 5.91 Å². The number of carbonyl (C=O) groups excluding carboxylic acids is 1. The fourth-order valence-corrected chi connectivity index (χ4v) is 3.39. The number of pyridine rings is 1. The normalized spacial score (nSPS) is 17.4. The van der Waals surface area contributed by atoms with Gasteiger partial charge in [-0.15, -0.1) is 0 Å². The summed E-state index contributed by atoms with van der Waals surface area (Å²) in [6.45, 7) is 5.62. The van der Waals surface area contributed by atoms with Gasteiger partial charge in [0.15, 0.2) is 0 Å². The molecule has 25 heavy (non-hydrogen) atoms. The third kappa shape index (κ3) is 4.67. The Balaban J connectivity index is 1.59. The van der Waals surface area contributed by atoms with E-state index in [1.165, 1.54) is 31.2 Å². The molecule has 1 aliphatic carbocycles. The van der Waals surface area contributed by atoms with Crippen molar-refractivity contribution in [2.24, 2.45) is 11.1 Å². The van der Waals surface area contributed by atoms with Gasteiger partial charge in [0, 0.05) is 18.2 Å². The number of nitrogens with zero attached hydrogens (tertiary/aromatic N) is 1. The Morgan fingerprint density at radius 2 is 1.84 bits per heavy atom. The predicted molar refractivity (Wildman–Crippen MR) is 101 cm³/mol. The number of aromatic nitrogens is 1. The van der Waals surface area contributed by atoms with Gasteiger partial charge in [0.2, 0.25) is 0 Å². The summed E-state index contributed by atoms with van der Waals surface area (Å²) in [5.41, 5.74) is 9.13. The number of rotatable bonds is 5. The van der Waals surface area contributed by atoms with Crippen molar-refractivity contribution in [3.05, 3.63) is 53.7 Å². The highest BCUT2D eigenvalue weighted by molar-refractivity contribution is 5.91. The Morgan fingerprint density at radius 3 is 2.48 bits per heavy atom. The maximum atomic E-state index is 11.3. The molecule has 1 aromatic carbocycles.